The Morgan fingerprint density at radius 3 is 2.82 bits per heavy atom. The first-order valence-corrected chi connectivity index (χ1v) is 5.90. The zero-order valence-electron chi connectivity index (χ0n) is 10.0. The standard InChI is InChI=1S/C12H18BNO3/c1-17-11-6-7-14(9-11)8-10-4-2-3-5-12(10)13(15)16/h2-5,11,15-16H,6-9H2,1H3. The summed E-state index contributed by atoms with van der Waals surface area (Å²) in [6.45, 7) is 2.65. The molecule has 92 valence electrons. The van der Waals surface area contributed by atoms with E-state index in [1.807, 2.05) is 18.2 Å². The van der Waals surface area contributed by atoms with Crippen LogP contribution in [-0.2, 0) is 11.3 Å². The van der Waals surface area contributed by atoms with Crippen molar-refractivity contribution in [2.24, 2.45) is 0 Å². The number of hydrogen-bond donors (Lipinski definition) is 2. The van der Waals surface area contributed by atoms with E-state index < -0.39 is 7.12 Å². The number of hydrogen-bond acceptors (Lipinski definition) is 4. The van der Waals surface area contributed by atoms with Gasteiger partial charge in [-0.1, -0.05) is 24.3 Å². The maximum atomic E-state index is 9.29. The van der Waals surface area contributed by atoms with Crippen molar-refractivity contribution in [2.75, 3.05) is 20.2 Å². The highest BCUT2D eigenvalue weighted by atomic mass is 16.5. The summed E-state index contributed by atoms with van der Waals surface area (Å²) < 4.78 is 5.32. The van der Waals surface area contributed by atoms with Crippen LogP contribution in [-0.4, -0.2) is 48.4 Å². The summed E-state index contributed by atoms with van der Waals surface area (Å²) in [6, 6.07) is 7.43. The number of ether oxygens (including phenoxy) is 1. The van der Waals surface area contributed by atoms with Crippen molar-refractivity contribution >= 4 is 12.6 Å². The SMILES string of the molecule is COC1CCN(Cc2ccccc2B(O)O)C1. The summed E-state index contributed by atoms with van der Waals surface area (Å²) in [6.07, 6.45) is 1.35. The minimum Gasteiger partial charge on any atom is -0.423 e. The van der Waals surface area contributed by atoms with Gasteiger partial charge >= 0.3 is 7.12 Å². The van der Waals surface area contributed by atoms with Crippen molar-refractivity contribution in [3.05, 3.63) is 29.8 Å². The molecular formula is C12H18BNO3. The van der Waals surface area contributed by atoms with Crippen LogP contribution in [0, 0.1) is 0 Å². The van der Waals surface area contributed by atoms with Gasteiger partial charge in [-0.2, -0.15) is 0 Å². The van der Waals surface area contributed by atoms with Crippen LogP contribution in [0.15, 0.2) is 24.3 Å². The van der Waals surface area contributed by atoms with Crippen molar-refractivity contribution in [3.63, 3.8) is 0 Å². The molecular weight excluding hydrogens is 217 g/mol. The Morgan fingerprint density at radius 1 is 1.41 bits per heavy atom. The fraction of sp³-hybridized carbons (Fsp3) is 0.500. The maximum Gasteiger partial charge on any atom is 0.488 e. The lowest BCUT2D eigenvalue weighted by Crippen LogP contribution is -2.35. The van der Waals surface area contributed by atoms with Gasteiger partial charge in [0, 0.05) is 26.7 Å². The van der Waals surface area contributed by atoms with Gasteiger partial charge in [0.15, 0.2) is 0 Å². The number of methoxy groups -OCH3 is 1. The minimum absolute atomic E-state index is 0.307. The predicted molar refractivity (Wildman–Crippen MR) is 67.0 cm³/mol. The van der Waals surface area contributed by atoms with E-state index in [1.165, 1.54) is 0 Å². The summed E-state index contributed by atoms with van der Waals surface area (Å²) in [5.74, 6) is 0. The second kappa shape index (κ2) is 5.64. The first-order valence-electron chi connectivity index (χ1n) is 5.90. The molecule has 0 radical (unpaired) electrons. The molecule has 0 aromatic heterocycles. The van der Waals surface area contributed by atoms with E-state index in [2.05, 4.69) is 4.90 Å². The lowest BCUT2D eigenvalue weighted by Gasteiger charge is -2.17. The van der Waals surface area contributed by atoms with Crippen LogP contribution in [0.2, 0.25) is 0 Å². The van der Waals surface area contributed by atoms with Gasteiger partial charge < -0.3 is 14.8 Å². The Morgan fingerprint density at radius 2 is 2.18 bits per heavy atom. The van der Waals surface area contributed by atoms with E-state index in [0.717, 1.165) is 31.6 Å². The van der Waals surface area contributed by atoms with Crippen LogP contribution in [0.1, 0.15) is 12.0 Å². The van der Waals surface area contributed by atoms with E-state index in [9.17, 15) is 10.0 Å². The van der Waals surface area contributed by atoms with Crippen LogP contribution in [0.3, 0.4) is 0 Å². The lowest BCUT2D eigenvalue weighted by atomic mass is 9.77. The smallest absolute Gasteiger partial charge is 0.423 e. The minimum atomic E-state index is -1.40. The molecule has 1 heterocycles. The first kappa shape index (κ1) is 12.6. The number of rotatable bonds is 4. The van der Waals surface area contributed by atoms with E-state index in [4.69, 9.17) is 4.74 Å². The molecule has 0 bridgehead atoms. The molecule has 1 aliphatic heterocycles. The summed E-state index contributed by atoms with van der Waals surface area (Å²) in [5, 5.41) is 18.6. The number of benzene rings is 1. The molecule has 1 unspecified atom stereocenters. The molecule has 1 fully saturated rings. The van der Waals surface area contributed by atoms with Crippen molar-refractivity contribution in [1.29, 1.82) is 0 Å². The Labute approximate surface area is 102 Å². The van der Waals surface area contributed by atoms with Crippen LogP contribution in [0.4, 0.5) is 0 Å². The lowest BCUT2D eigenvalue weighted by molar-refractivity contribution is 0.107. The Balaban J connectivity index is 2.04. The molecule has 1 aliphatic rings. The van der Waals surface area contributed by atoms with E-state index in [0.29, 0.717) is 11.6 Å². The molecule has 5 heteroatoms. The second-order valence-corrected chi connectivity index (χ2v) is 4.45. The van der Waals surface area contributed by atoms with Crippen LogP contribution in [0.5, 0.6) is 0 Å². The average Bonchev–Trinajstić information content (AvgIpc) is 2.77. The summed E-state index contributed by atoms with van der Waals surface area (Å²) in [4.78, 5) is 2.27. The van der Waals surface area contributed by atoms with E-state index >= 15 is 0 Å². The van der Waals surface area contributed by atoms with Gasteiger partial charge in [-0.25, -0.2) is 0 Å². The van der Waals surface area contributed by atoms with Crippen LogP contribution >= 0.6 is 0 Å². The van der Waals surface area contributed by atoms with Crippen LogP contribution in [0.25, 0.3) is 0 Å². The topological polar surface area (TPSA) is 52.9 Å². The zero-order chi connectivity index (χ0) is 12.3. The molecule has 1 saturated heterocycles. The van der Waals surface area contributed by atoms with E-state index in [1.54, 1.807) is 13.2 Å². The average molecular weight is 235 g/mol. The van der Waals surface area contributed by atoms with Crippen molar-refractivity contribution in [2.45, 2.75) is 19.1 Å². The normalized spacial score (nSPS) is 20.8. The van der Waals surface area contributed by atoms with Crippen molar-refractivity contribution in [3.8, 4) is 0 Å². The molecule has 17 heavy (non-hydrogen) atoms. The van der Waals surface area contributed by atoms with Crippen LogP contribution < -0.4 is 5.46 Å². The Bertz CT molecular complexity index is 373. The van der Waals surface area contributed by atoms with Gasteiger partial charge in [0.25, 0.3) is 0 Å². The first-order chi connectivity index (χ1) is 8.20. The quantitative estimate of drug-likeness (QED) is 0.696. The fourth-order valence-electron chi connectivity index (χ4n) is 2.30. The molecule has 0 amide bonds. The monoisotopic (exact) mass is 235 g/mol. The summed E-state index contributed by atoms with van der Waals surface area (Å²) in [7, 11) is 0.339. The molecule has 1 aromatic rings. The Hall–Kier alpha value is -0.875. The zero-order valence-corrected chi connectivity index (χ0v) is 10.0. The molecule has 0 spiro atoms. The van der Waals surface area contributed by atoms with Gasteiger partial charge in [0.05, 0.1) is 6.10 Å². The maximum absolute atomic E-state index is 9.29. The third-order valence-corrected chi connectivity index (χ3v) is 3.29. The fourth-order valence-corrected chi connectivity index (χ4v) is 2.30. The van der Waals surface area contributed by atoms with Gasteiger partial charge in [0.2, 0.25) is 0 Å². The third-order valence-electron chi connectivity index (χ3n) is 3.29. The van der Waals surface area contributed by atoms with Gasteiger partial charge in [-0.15, -0.1) is 0 Å². The molecule has 0 saturated carbocycles. The predicted octanol–water partition coefficient (Wildman–Crippen LogP) is -0.413. The molecule has 4 nitrogen and oxygen atoms in total. The van der Waals surface area contributed by atoms with Gasteiger partial charge in [-0.3, -0.25) is 4.90 Å². The highest BCUT2D eigenvalue weighted by Crippen LogP contribution is 2.14. The van der Waals surface area contributed by atoms with Crippen molar-refractivity contribution < 1.29 is 14.8 Å². The summed E-state index contributed by atoms with van der Waals surface area (Å²) >= 11 is 0. The molecule has 1 aromatic carbocycles. The molecule has 2 rings (SSSR count). The molecule has 1 atom stereocenters. The van der Waals surface area contributed by atoms with Crippen molar-refractivity contribution in [1.82, 2.24) is 4.90 Å². The number of nitrogens with zero attached hydrogens (tertiary/aromatic N) is 1. The highest BCUT2D eigenvalue weighted by Gasteiger charge is 2.24. The van der Waals surface area contributed by atoms with Gasteiger partial charge in [0.1, 0.15) is 0 Å². The third kappa shape index (κ3) is 3.07. The molecule has 0 aliphatic carbocycles. The summed E-state index contributed by atoms with van der Waals surface area (Å²) in [5.41, 5.74) is 1.56. The number of likely N-dealkylation sites (tertiary alicyclic amines) is 1. The second-order valence-electron chi connectivity index (χ2n) is 4.45. The Kier molecular flexibility index (Phi) is 4.18. The van der Waals surface area contributed by atoms with E-state index in [-0.39, 0.29) is 0 Å². The highest BCUT2D eigenvalue weighted by molar-refractivity contribution is 6.59. The van der Waals surface area contributed by atoms with Gasteiger partial charge in [-0.05, 0) is 17.4 Å². The largest absolute Gasteiger partial charge is 0.488 e. The molecule has 2 N–H and O–H groups in total.